The lowest BCUT2D eigenvalue weighted by Gasteiger charge is -2.09. The van der Waals surface area contributed by atoms with Crippen molar-refractivity contribution >= 4 is 5.91 Å². The molecule has 0 aliphatic heterocycles. The number of nitrogens with one attached hydrogen (secondary N) is 1. The number of ether oxygens (including phenoxy) is 1. The van der Waals surface area contributed by atoms with Gasteiger partial charge in [0.15, 0.2) is 0 Å². The Morgan fingerprint density at radius 1 is 1.67 bits per heavy atom. The third-order valence-electron chi connectivity index (χ3n) is 1.43. The Hall–Kier alpha value is -0.610. The maximum absolute atomic E-state index is 10.8. The van der Waals surface area contributed by atoms with Crippen LogP contribution in [0.4, 0.5) is 0 Å². The second-order valence-electron chi connectivity index (χ2n) is 2.68. The van der Waals surface area contributed by atoms with Crippen molar-refractivity contribution in [2.75, 3.05) is 20.3 Å². The zero-order chi connectivity index (χ0) is 9.40. The molecule has 0 aliphatic carbocycles. The molecule has 0 heterocycles. The minimum Gasteiger partial charge on any atom is -0.391 e. The largest absolute Gasteiger partial charge is 0.391 e. The van der Waals surface area contributed by atoms with E-state index in [1.165, 1.54) is 7.11 Å². The van der Waals surface area contributed by atoms with Crippen LogP contribution in [0, 0.1) is 0 Å². The van der Waals surface area contributed by atoms with Crippen LogP contribution in [-0.2, 0) is 9.53 Å². The fourth-order valence-corrected chi connectivity index (χ4v) is 0.849. The smallest absolute Gasteiger partial charge is 0.246 e. The Bertz CT molecular complexity index is 127. The van der Waals surface area contributed by atoms with Crippen LogP contribution in [0.1, 0.15) is 19.8 Å². The van der Waals surface area contributed by atoms with Crippen LogP contribution < -0.4 is 5.32 Å². The van der Waals surface area contributed by atoms with Gasteiger partial charge in [-0.1, -0.05) is 13.3 Å². The van der Waals surface area contributed by atoms with Crippen molar-refractivity contribution < 1.29 is 14.6 Å². The first-order valence-electron chi connectivity index (χ1n) is 4.14. The Labute approximate surface area is 72.9 Å². The van der Waals surface area contributed by atoms with Gasteiger partial charge >= 0.3 is 0 Å². The Balaban J connectivity index is 3.33. The average Bonchev–Trinajstić information content (AvgIpc) is 2.02. The highest BCUT2D eigenvalue weighted by molar-refractivity contribution is 5.77. The number of carbonyl (C=O) groups excluding carboxylic acids is 1. The first-order chi connectivity index (χ1) is 5.70. The van der Waals surface area contributed by atoms with Crippen molar-refractivity contribution in [3.8, 4) is 0 Å². The molecule has 0 saturated heterocycles. The number of amides is 1. The van der Waals surface area contributed by atoms with E-state index < -0.39 is 6.10 Å². The second kappa shape index (κ2) is 7.06. The van der Waals surface area contributed by atoms with E-state index in [1.807, 2.05) is 6.92 Å². The van der Waals surface area contributed by atoms with Crippen molar-refractivity contribution in [3.63, 3.8) is 0 Å². The van der Waals surface area contributed by atoms with Gasteiger partial charge in [-0.3, -0.25) is 4.79 Å². The number of aliphatic hydroxyl groups excluding tert-OH is 1. The van der Waals surface area contributed by atoms with Gasteiger partial charge in [0.25, 0.3) is 0 Å². The minimum atomic E-state index is -0.434. The van der Waals surface area contributed by atoms with E-state index >= 15 is 0 Å². The van der Waals surface area contributed by atoms with Gasteiger partial charge in [0.2, 0.25) is 5.91 Å². The second-order valence-corrected chi connectivity index (χ2v) is 2.68. The highest BCUT2D eigenvalue weighted by Gasteiger charge is 2.04. The predicted molar refractivity (Wildman–Crippen MR) is 45.8 cm³/mol. The molecule has 0 aliphatic rings. The predicted octanol–water partition coefficient (Wildman–Crippen LogP) is -0.0900. The Kier molecular flexibility index (Phi) is 6.70. The van der Waals surface area contributed by atoms with Crippen LogP contribution in [0.3, 0.4) is 0 Å². The van der Waals surface area contributed by atoms with Gasteiger partial charge in [-0.2, -0.15) is 0 Å². The molecule has 0 fully saturated rings. The molecule has 0 spiro atoms. The lowest BCUT2D eigenvalue weighted by molar-refractivity contribution is -0.125. The van der Waals surface area contributed by atoms with E-state index in [2.05, 4.69) is 10.1 Å². The molecular formula is C8H17NO3. The molecule has 4 heteroatoms. The highest BCUT2D eigenvalue weighted by atomic mass is 16.5. The molecule has 0 aromatic rings. The van der Waals surface area contributed by atoms with Gasteiger partial charge in [0.1, 0.15) is 6.61 Å². The maximum atomic E-state index is 10.8. The van der Waals surface area contributed by atoms with Gasteiger partial charge in [-0.05, 0) is 6.42 Å². The molecule has 0 rings (SSSR count). The maximum Gasteiger partial charge on any atom is 0.246 e. The summed E-state index contributed by atoms with van der Waals surface area (Å²) in [5.74, 6) is -0.187. The van der Waals surface area contributed by atoms with Crippen LogP contribution in [-0.4, -0.2) is 37.4 Å². The molecule has 1 atom stereocenters. The Morgan fingerprint density at radius 3 is 2.83 bits per heavy atom. The molecule has 0 aromatic heterocycles. The molecule has 0 aromatic carbocycles. The van der Waals surface area contributed by atoms with Crippen molar-refractivity contribution in [2.24, 2.45) is 0 Å². The van der Waals surface area contributed by atoms with Crippen molar-refractivity contribution in [1.82, 2.24) is 5.32 Å². The van der Waals surface area contributed by atoms with E-state index in [0.29, 0.717) is 13.0 Å². The van der Waals surface area contributed by atoms with E-state index in [-0.39, 0.29) is 12.5 Å². The summed E-state index contributed by atoms with van der Waals surface area (Å²) >= 11 is 0. The first-order valence-corrected chi connectivity index (χ1v) is 4.14. The quantitative estimate of drug-likeness (QED) is 0.593. The highest BCUT2D eigenvalue weighted by Crippen LogP contribution is 1.93. The molecule has 4 nitrogen and oxygen atoms in total. The third-order valence-corrected chi connectivity index (χ3v) is 1.43. The summed E-state index contributed by atoms with van der Waals surface area (Å²) in [5, 5.41) is 11.8. The number of methoxy groups -OCH3 is 1. The van der Waals surface area contributed by atoms with Crippen molar-refractivity contribution in [1.29, 1.82) is 0 Å². The lowest BCUT2D eigenvalue weighted by Crippen LogP contribution is -2.34. The molecule has 0 bridgehead atoms. The minimum absolute atomic E-state index is 0.0544. The summed E-state index contributed by atoms with van der Waals surface area (Å²) in [7, 11) is 1.46. The fourth-order valence-electron chi connectivity index (χ4n) is 0.849. The summed E-state index contributed by atoms with van der Waals surface area (Å²) < 4.78 is 4.60. The van der Waals surface area contributed by atoms with Crippen molar-refractivity contribution in [2.45, 2.75) is 25.9 Å². The zero-order valence-corrected chi connectivity index (χ0v) is 7.67. The van der Waals surface area contributed by atoms with E-state index in [1.54, 1.807) is 0 Å². The molecule has 0 saturated carbocycles. The summed E-state index contributed by atoms with van der Waals surface area (Å²) in [6.45, 7) is 2.36. The van der Waals surface area contributed by atoms with Gasteiger partial charge in [0, 0.05) is 13.7 Å². The SMILES string of the molecule is CCCC(O)CNC(=O)COC. The average molecular weight is 175 g/mol. The number of hydrogen-bond acceptors (Lipinski definition) is 3. The topological polar surface area (TPSA) is 58.6 Å². The summed E-state index contributed by atoms with van der Waals surface area (Å²) in [6.07, 6.45) is 1.20. The van der Waals surface area contributed by atoms with Crippen LogP contribution >= 0.6 is 0 Å². The molecule has 1 unspecified atom stereocenters. The normalized spacial score (nSPS) is 12.6. The monoisotopic (exact) mass is 175 g/mol. The van der Waals surface area contributed by atoms with Crippen LogP contribution in [0.15, 0.2) is 0 Å². The van der Waals surface area contributed by atoms with E-state index in [4.69, 9.17) is 0 Å². The van der Waals surface area contributed by atoms with Gasteiger partial charge in [0.05, 0.1) is 6.10 Å². The molecule has 12 heavy (non-hydrogen) atoms. The van der Waals surface area contributed by atoms with Gasteiger partial charge in [-0.15, -0.1) is 0 Å². The summed E-state index contributed by atoms with van der Waals surface area (Å²) in [6, 6.07) is 0. The fraction of sp³-hybridized carbons (Fsp3) is 0.875. The standard InChI is InChI=1S/C8H17NO3/c1-3-4-7(10)5-9-8(11)6-12-2/h7,10H,3-6H2,1-2H3,(H,9,11). The molecular weight excluding hydrogens is 158 g/mol. The molecule has 1 amide bonds. The zero-order valence-electron chi connectivity index (χ0n) is 7.67. The van der Waals surface area contributed by atoms with E-state index in [0.717, 1.165) is 6.42 Å². The summed E-state index contributed by atoms with van der Waals surface area (Å²) in [4.78, 5) is 10.8. The van der Waals surface area contributed by atoms with Crippen molar-refractivity contribution in [3.05, 3.63) is 0 Å². The lowest BCUT2D eigenvalue weighted by atomic mass is 10.2. The number of rotatable bonds is 6. The molecule has 72 valence electrons. The third kappa shape index (κ3) is 6.12. The molecule has 2 N–H and O–H groups in total. The van der Waals surface area contributed by atoms with E-state index in [9.17, 15) is 9.90 Å². The Morgan fingerprint density at radius 2 is 2.33 bits per heavy atom. The van der Waals surface area contributed by atoms with Crippen LogP contribution in [0.25, 0.3) is 0 Å². The first kappa shape index (κ1) is 11.4. The number of carbonyl (C=O) groups is 1. The van der Waals surface area contributed by atoms with Crippen LogP contribution in [0.2, 0.25) is 0 Å². The molecule has 0 radical (unpaired) electrons. The number of hydrogen-bond donors (Lipinski definition) is 2. The number of aliphatic hydroxyl groups is 1. The van der Waals surface area contributed by atoms with Gasteiger partial charge in [-0.25, -0.2) is 0 Å². The van der Waals surface area contributed by atoms with Crippen LogP contribution in [0.5, 0.6) is 0 Å². The summed E-state index contributed by atoms with van der Waals surface area (Å²) in [5.41, 5.74) is 0. The van der Waals surface area contributed by atoms with Gasteiger partial charge < -0.3 is 15.2 Å².